The van der Waals surface area contributed by atoms with Crippen molar-refractivity contribution in [3.63, 3.8) is 0 Å². The summed E-state index contributed by atoms with van der Waals surface area (Å²) in [6.07, 6.45) is 6.83. The fourth-order valence-corrected chi connectivity index (χ4v) is 4.73. The molecule has 0 saturated carbocycles. The number of carbonyl (C=O) groups excluding carboxylic acids is 1. The smallest absolute Gasteiger partial charge is 0.224 e. The van der Waals surface area contributed by atoms with Crippen LogP contribution in [0.4, 0.5) is 0 Å². The van der Waals surface area contributed by atoms with Gasteiger partial charge in [-0.2, -0.15) is 0 Å². The summed E-state index contributed by atoms with van der Waals surface area (Å²) in [4.78, 5) is 17.1. The molecule has 1 aromatic heterocycles. The molecule has 3 aromatic carbocycles. The van der Waals surface area contributed by atoms with Crippen molar-refractivity contribution < 1.29 is 14.3 Å². The first-order valence-electron chi connectivity index (χ1n) is 13.4. The van der Waals surface area contributed by atoms with Crippen molar-refractivity contribution in [1.82, 2.24) is 14.9 Å². The predicted octanol–water partition coefficient (Wildman–Crippen LogP) is 6.58. The second-order valence-electron chi connectivity index (χ2n) is 9.46. The van der Waals surface area contributed by atoms with Crippen molar-refractivity contribution in [1.29, 1.82) is 0 Å². The molecule has 0 spiro atoms. The molecule has 0 atom stereocenters. The molecule has 7 heteroatoms. The summed E-state index contributed by atoms with van der Waals surface area (Å²) in [5.41, 5.74) is 4.20. The number of amides is 1. The molecule has 1 amide bonds. The highest BCUT2D eigenvalue weighted by Gasteiger charge is 2.12. The van der Waals surface area contributed by atoms with Crippen LogP contribution in [-0.4, -0.2) is 35.7 Å². The Morgan fingerprint density at radius 1 is 1.03 bits per heavy atom. The molecule has 0 fully saturated rings. The number of nitrogens with one attached hydrogen (secondary N) is 1. The maximum absolute atomic E-state index is 12.2. The molecule has 0 aliphatic carbocycles. The lowest BCUT2D eigenvalue weighted by atomic mass is 10.1. The minimum Gasteiger partial charge on any atom is -0.493 e. The van der Waals surface area contributed by atoms with Gasteiger partial charge in [-0.15, -0.1) is 6.58 Å². The number of fused-ring (bicyclic) bond motifs is 1. The third kappa shape index (κ3) is 8.11. The number of methoxy groups -OCH3 is 1. The highest BCUT2D eigenvalue weighted by molar-refractivity contribution is 6.30. The summed E-state index contributed by atoms with van der Waals surface area (Å²) in [6, 6.07) is 21.6. The van der Waals surface area contributed by atoms with Gasteiger partial charge < -0.3 is 19.4 Å². The highest BCUT2D eigenvalue weighted by atomic mass is 35.5. The fraction of sp³-hybridized carbons (Fsp3) is 0.312. The lowest BCUT2D eigenvalue weighted by Gasteiger charge is -2.14. The van der Waals surface area contributed by atoms with Gasteiger partial charge in [0.05, 0.1) is 31.1 Å². The molecule has 1 heterocycles. The molecule has 0 saturated heterocycles. The Bertz CT molecular complexity index is 1380. The Balaban J connectivity index is 1.26. The lowest BCUT2D eigenvalue weighted by molar-refractivity contribution is -0.120. The van der Waals surface area contributed by atoms with Crippen molar-refractivity contribution >= 4 is 28.5 Å². The van der Waals surface area contributed by atoms with Crippen molar-refractivity contribution in [2.45, 2.75) is 45.1 Å². The van der Waals surface area contributed by atoms with Crippen LogP contribution in [0.15, 0.2) is 79.4 Å². The van der Waals surface area contributed by atoms with Gasteiger partial charge in [0.25, 0.3) is 0 Å². The second kappa shape index (κ2) is 14.4. The number of unbranched alkanes of at least 4 members (excludes halogenated alkanes) is 2. The highest BCUT2D eigenvalue weighted by Crippen LogP contribution is 2.28. The number of aryl methyl sites for hydroxylation is 1. The summed E-state index contributed by atoms with van der Waals surface area (Å²) < 4.78 is 13.9. The number of allylic oxidation sites excluding steroid dienone is 1. The largest absolute Gasteiger partial charge is 0.493 e. The van der Waals surface area contributed by atoms with Gasteiger partial charge in [0, 0.05) is 18.0 Å². The van der Waals surface area contributed by atoms with Crippen LogP contribution in [0.2, 0.25) is 5.02 Å². The summed E-state index contributed by atoms with van der Waals surface area (Å²) in [7, 11) is 1.66. The number of para-hydroxylation sites is 2. The van der Waals surface area contributed by atoms with Crippen LogP contribution < -0.4 is 14.8 Å². The van der Waals surface area contributed by atoms with E-state index in [0.717, 1.165) is 71.6 Å². The normalized spacial score (nSPS) is 10.9. The fourth-order valence-electron chi connectivity index (χ4n) is 4.60. The Morgan fingerprint density at radius 3 is 2.62 bits per heavy atom. The molecule has 4 rings (SSSR count). The molecular formula is C32H36ClN3O3. The maximum Gasteiger partial charge on any atom is 0.224 e. The SMILES string of the molecule is C=CCc1ccc(OCCn2c(CCCCCNC(=O)Cc3ccc(Cl)cc3)nc3ccccc32)c(OC)c1. The van der Waals surface area contributed by atoms with Crippen molar-refractivity contribution in [3.05, 3.63) is 101 Å². The molecular weight excluding hydrogens is 510 g/mol. The van der Waals surface area contributed by atoms with E-state index in [2.05, 4.69) is 22.5 Å². The third-order valence-electron chi connectivity index (χ3n) is 6.59. The Kier molecular flexibility index (Phi) is 10.4. The Morgan fingerprint density at radius 2 is 1.82 bits per heavy atom. The molecule has 0 aliphatic rings. The zero-order valence-corrected chi connectivity index (χ0v) is 23.3. The van der Waals surface area contributed by atoms with Gasteiger partial charge in [-0.3, -0.25) is 4.79 Å². The monoisotopic (exact) mass is 545 g/mol. The Labute approximate surface area is 235 Å². The number of nitrogens with zero attached hydrogens (tertiary/aromatic N) is 2. The first kappa shape index (κ1) is 28.2. The number of rotatable bonds is 15. The molecule has 1 N–H and O–H groups in total. The van der Waals surface area contributed by atoms with Gasteiger partial charge in [0.1, 0.15) is 12.4 Å². The average Bonchev–Trinajstić information content (AvgIpc) is 3.30. The second-order valence-corrected chi connectivity index (χ2v) is 9.90. The number of halogens is 1. The molecule has 0 unspecified atom stereocenters. The lowest BCUT2D eigenvalue weighted by Crippen LogP contribution is -2.26. The summed E-state index contributed by atoms with van der Waals surface area (Å²) in [5.74, 6) is 2.55. The maximum atomic E-state index is 12.2. The number of aromatic nitrogens is 2. The van der Waals surface area contributed by atoms with Crippen LogP contribution in [0.5, 0.6) is 11.5 Å². The van der Waals surface area contributed by atoms with Crippen LogP contribution in [0.1, 0.15) is 36.2 Å². The van der Waals surface area contributed by atoms with Gasteiger partial charge in [0.15, 0.2) is 11.5 Å². The van der Waals surface area contributed by atoms with Crippen LogP contribution >= 0.6 is 11.6 Å². The molecule has 204 valence electrons. The van der Waals surface area contributed by atoms with Crippen LogP contribution in [0.25, 0.3) is 11.0 Å². The van der Waals surface area contributed by atoms with Crippen LogP contribution in [-0.2, 0) is 30.6 Å². The molecule has 0 bridgehead atoms. The van der Waals surface area contributed by atoms with Gasteiger partial charge in [0.2, 0.25) is 5.91 Å². The molecule has 0 radical (unpaired) electrons. The van der Waals surface area contributed by atoms with Crippen LogP contribution in [0, 0.1) is 0 Å². The van der Waals surface area contributed by atoms with E-state index >= 15 is 0 Å². The number of carbonyl (C=O) groups is 1. The van der Waals surface area contributed by atoms with E-state index in [4.69, 9.17) is 26.1 Å². The van der Waals surface area contributed by atoms with E-state index < -0.39 is 0 Å². The first-order valence-corrected chi connectivity index (χ1v) is 13.8. The molecule has 39 heavy (non-hydrogen) atoms. The van der Waals surface area contributed by atoms with Crippen molar-refractivity contribution in [3.8, 4) is 11.5 Å². The quantitative estimate of drug-likeness (QED) is 0.135. The topological polar surface area (TPSA) is 65.4 Å². The number of hydrogen-bond acceptors (Lipinski definition) is 4. The Hall–Kier alpha value is -3.77. The van der Waals surface area contributed by atoms with Crippen molar-refractivity contribution in [2.75, 3.05) is 20.3 Å². The van der Waals surface area contributed by atoms with E-state index in [1.54, 1.807) is 7.11 Å². The summed E-state index contributed by atoms with van der Waals surface area (Å²) >= 11 is 5.91. The van der Waals surface area contributed by atoms with E-state index in [0.29, 0.717) is 31.1 Å². The van der Waals surface area contributed by atoms with Crippen molar-refractivity contribution in [2.24, 2.45) is 0 Å². The summed E-state index contributed by atoms with van der Waals surface area (Å²) in [5, 5.41) is 3.69. The van der Waals surface area contributed by atoms with E-state index in [1.165, 1.54) is 0 Å². The number of hydrogen-bond donors (Lipinski definition) is 1. The first-order chi connectivity index (χ1) is 19.1. The van der Waals surface area contributed by atoms with E-state index in [9.17, 15) is 4.79 Å². The minimum absolute atomic E-state index is 0.0334. The minimum atomic E-state index is 0.0334. The zero-order chi connectivity index (χ0) is 27.5. The number of imidazole rings is 1. The predicted molar refractivity (Wildman–Crippen MR) is 158 cm³/mol. The zero-order valence-electron chi connectivity index (χ0n) is 22.5. The van der Waals surface area contributed by atoms with Gasteiger partial charge in [-0.05, 0) is 66.8 Å². The summed E-state index contributed by atoms with van der Waals surface area (Å²) in [6.45, 7) is 5.67. The van der Waals surface area contributed by atoms with Crippen LogP contribution in [0.3, 0.4) is 0 Å². The van der Waals surface area contributed by atoms with Gasteiger partial charge in [-0.1, -0.05) is 54.4 Å². The standard InChI is InChI=1S/C32H36ClN3O3/c1-3-9-24-15-18-29(30(22-24)38-2)39-21-20-36-28-11-7-6-10-27(28)35-31(36)12-5-4-8-19-34-32(37)23-25-13-16-26(33)17-14-25/h3,6-7,10-11,13-18,22H,1,4-5,8-9,12,19-21,23H2,2H3,(H,34,37). The van der Waals surface area contributed by atoms with E-state index in [-0.39, 0.29) is 5.91 Å². The molecule has 4 aromatic rings. The average molecular weight is 546 g/mol. The number of benzene rings is 3. The third-order valence-corrected chi connectivity index (χ3v) is 6.84. The van der Waals surface area contributed by atoms with Gasteiger partial charge >= 0.3 is 0 Å². The molecule has 6 nitrogen and oxygen atoms in total. The number of ether oxygens (including phenoxy) is 2. The van der Waals surface area contributed by atoms with E-state index in [1.807, 2.05) is 66.7 Å². The molecule has 0 aliphatic heterocycles. The van der Waals surface area contributed by atoms with Gasteiger partial charge in [-0.25, -0.2) is 4.98 Å².